The van der Waals surface area contributed by atoms with Crippen molar-refractivity contribution in [3.8, 4) is 0 Å². The van der Waals surface area contributed by atoms with Crippen LogP contribution in [-0.2, 0) is 4.79 Å². The number of carbonyl (C=O) groups excluding carboxylic acids is 1. The second-order valence-corrected chi connectivity index (χ2v) is 5.62. The predicted octanol–water partition coefficient (Wildman–Crippen LogP) is 2.65. The van der Waals surface area contributed by atoms with Gasteiger partial charge in [-0.05, 0) is 31.0 Å². The summed E-state index contributed by atoms with van der Waals surface area (Å²) in [6.07, 6.45) is 0.907. The fourth-order valence-electron chi connectivity index (χ4n) is 1.96. The lowest BCUT2D eigenvalue weighted by molar-refractivity contribution is -0.149. The molecular formula is C14H19BrN2O3. The van der Waals surface area contributed by atoms with Crippen molar-refractivity contribution in [3.05, 3.63) is 28.2 Å². The minimum absolute atomic E-state index is 0.0870. The number of nitrogen functional groups attached to an aromatic ring is 1. The van der Waals surface area contributed by atoms with Crippen molar-refractivity contribution in [2.75, 3.05) is 12.3 Å². The van der Waals surface area contributed by atoms with E-state index in [9.17, 15) is 14.7 Å². The number of anilines is 1. The third-order valence-electron chi connectivity index (χ3n) is 3.65. The van der Waals surface area contributed by atoms with E-state index in [-0.39, 0.29) is 12.5 Å². The van der Waals surface area contributed by atoms with Gasteiger partial charge in [0.25, 0.3) is 5.91 Å². The summed E-state index contributed by atoms with van der Waals surface area (Å²) < 4.78 is 0.786. The van der Waals surface area contributed by atoms with Gasteiger partial charge in [-0.15, -0.1) is 0 Å². The zero-order chi connectivity index (χ0) is 15.3. The third kappa shape index (κ3) is 3.50. The number of carboxylic acid groups (broad SMARTS) is 1. The number of halogens is 1. The highest BCUT2D eigenvalue weighted by Crippen LogP contribution is 2.26. The van der Waals surface area contributed by atoms with E-state index in [0.717, 1.165) is 4.47 Å². The second kappa shape index (κ2) is 6.74. The van der Waals surface area contributed by atoms with Gasteiger partial charge < -0.3 is 16.2 Å². The van der Waals surface area contributed by atoms with E-state index in [1.54, 1.807) is 32.0 Å². The second-order valence-electron chi connectivity index (χ2n) is 4.71. The zero-order valence-corrected chi connectivity index (χ0v) is 13.2. The summed E-state index contributed by atoms with van der Waals surface area (Å²) in [4.78, 5) is 23.4. The third-order valence-corrected chi connectivity index (χ3v) is 4.15. The monoisotopic (exact) mass is 342 g/mol. The van der Waals surface area contributed by atoms with Gasteiger partial charge >= 0.3 is 5.97 Å². The first-order chi connectivity index (χ1) is 9.36. The summed E-state index contributed by atoms with van der Waals surface area (Å²) in [5.41, 5.74) is 5.55. The van der Waals surface area contributed by atoms with Gasteiger partial charge in [0, 0.05) is 16.7 Å². The van der Waals surface area contributed by atoms with E-state index in [1.165, 1.54) is 0 Å². The highest BCUT2D eigenvalue weighted by molar-refractivity contribution is 9.10. The van der Waals surface area contributed by atoms with E-state index >= 15 is 0 Å². The number of aliphatic carboxylic acids is 1. The summed E-state index contributed by atoms with van der Waals surface area (Å²) >= 11 is 3.27. The average molecular weight is 343 g/mol. The topological polar surface area (TPSA) is 92.4 Å². The zero-order valence-electron chi connectivity index (χ0n) is 11.6. The Morgan fingerprint density at radius 1 is 1.35 bits per heavy atom. The summed E-state index contributed by atoms with van der Waals surface area (Å²) in [7, 11) is 0. The van der Waals surface area contributed by atoms with E-state index < -0.39 is 11.4 Å². The maximum atomic E-state index is 12.1. The molecule has 1 amide bonds. The molecule has 0 aliphatic heterocycles. The molecule has 0 unspecified atom stereocenters. The van der Waals surface area contributed by atoms with Gasteiger partial charge in [0.2, 0.25) is 0 Å². The number of amides is 1. The lowest BCUT2D eigenvalue weighted by Gasteiger charge is -2.26. The molecule has 0 aliphatic rings. The maximum absolute atomic E-state index is 12.1. The Kier molecular flexibility index (Phi) is 5.56. The molecule has 0 aliphatic carbocycles. The number of rotatable bonds is 6. The summed E-state index contributed by atoms with van der Waals surface area (Å²) in [6.45, 7) is 3.69. The molecule has 4 N–H and O–H groups in total. The number of hydrogen-bond donors (Lipinski definition) is 3. The van der Waals surface area contributed by atoms with Crippen LogP contribution in [0.5, 0.6) is 0 Å². The molecule has 0 radical (unpaired) electrons. The molecule has 6 heteroatoms. The molecule has 5 nitrogen and oxygen atoms in total. The molecule has 0 heterocycles. The SMILES string of the molecule is CCC(CC)(CNC(=O)c1ccc(Br)cc1N)C(=O)O. The number of nitrogens with one attached hydrogen (secondary N) is 1. The summed E-state index contributed by atoms with van der Waals surface area (Å²) in [5, 5.41) is 12.0. The van der Waals surface area contributed by atoms with Crippen LogP contribution in [0.2, 0.25) is 0 Å². The van der Waals surface area contributed by atoms with E-state index in [4.69, 9.17) is 5.73 Å². The van der Waals surface area contributed by atoms with Gasteiger partial charge in [0.15, 0.2) is 0 Å². The molecule has 0 spiro atoms. The standard InChI is InChI=1S/C14H19BrN2O3/c1-3-14(4-2,13(19)20)8-17-12(18)10-6-5-9(15)7-11(10)16/h5-7H,3-4,8,16H2,1-2H3,(H,17,18)(H,19,20). The lowest BCUT2D eigenvalue weighted by atomic mass is 9.82. The molecule has 1 rings (SSSR count). The minimum atomic E-state index is -0.931. The largest absolute Gasteiger partial charge is 0.481 e. The fraction of sp³-hybridized carbons (Fsp3) is 0.429. The van der Waals surface area contributed by atoms with Crippen LogP contribution in [0.3, 0.4) is 0 Å². The van der Waals surface area contributed by atoms with Crippen molar-refractivity contribution in [2.45, 2.75) is 26.7 Å². The number of hydrogen-bond acceptors (Lipinski definition) is 3. The highest BCUT2D eigenvalue weighted by atomic mass is 79.9. The molecule has 0 fully saturated rings. The van der Waals surface area contributed by atoms with Crippen molar-refractivity contribution >= 4 is 33.5 Å². The Bertz CT molecular complexity index is 513. The van der Waals surface area contributed by atoms with E-state index in [2.05, 4.69) is 21.2 Å². The number of carboxylic acids is 1. The van der Waals surface area contributed by atoms with Gasteiger partial charge in [-0.25, -0.2) is 0 Å². The van der Waals surface area contributed by atoms with E-state index in [0.29, 0.717) is 24.1 Å². The molecule has 20 heavy (non-hydrogen) atoms. The Morgan fingerprint density at radius 3 is 2.40 bits per heavy atom. The van der Waals surface area contributed by atoms with E-state index in [1.807, 2.05) is 0 Å². The number of nitrogens with two attached hydrogens (primary N) is 1. The van der Waals surface area contributed by atoms with Gasteiger partial charge in [-0.1, -0.05) is 29.8 Å². The van der Waals surface area contributed by atoms with Gasteiger partial charge in [-0.3, -0.25) is 9.59 Å². The number of benzene rings is 1. The van der Waals surface area contributed by atoms with Gasteiger partial charge in [0.05, 0.1) is 11.0 Å². The van der Waals surface area contributed by atoms with Crippen LogP contribution in [0, 0.1) is 5.41 Å². The van der Waals surface area contributed by atoms with Crippen LogP contribution >= 0.6 is 15.9 Å². The Labute approximate surface area is 126 Å². The van der Waals surface area contributed by atoms with Crippen LogP contribution in [-0.4, -0.2) is 23.5 Å². The number of carbonyl (C=O) groups is 2. The van der Waals surface area contributed by atoms with Gasteiger partial charge in [-0.2, -0.15) is 0 Å². The van der Waals surface area contributed by atoms with Gasteiger partial charge in [0.1, 0.15) is 0 Å². The van der Waals surface area contributed by atoms with Crippen molar-refractivity contribution in [2.24, 2.45) is 5.41 Å². The van der Waals surface area contributed by atoms with Crippen LogP contribution in [0.25, 0.3) is 0 Å². The Morgan fingerprint density at radius 2 is 1.95 bits per heavy atom. The Hall–Kier alpha value is -1.56. The van der Waals surface area contributed by atoms with Crippen molar-refractivity contribution < 1.29 is 14.7 Å². The van der Waals surface area contributed by atoms with Crippen molar-refractivity contribution in [3.63, 3.8) is 0 Å². The quantitative estimate of drug-likeness (QED) is 0.693. The highest BCUT2D eigenvalue weighted by Gasteiger charge is 2.35. The molecule has 1 aromatic carbocycles. The Balaban J connectivity index is 2.83. The first kappa shape index (κ1) is 16.5. The molecule has 0 saturated heterocycles. The summed E-state index contributed by atoms with van der Waals surface area (Å²) in [6, 6.07) is 4.96. The fourth-order valence-corrected chi connectivity index (χ4v) is 2.34. The first-order valence-corrected chi connectivity index (χ1v) is 7.22. The van der Waals surface area contributed by atoms with Crippen LogP contribution in [0.1, 0.15) is 37.0 Å². The molecule has 0 saturated carbocycles. The minimum Gasteiger partial charge on any atom is -0.481 e. The molecule has 0 atom stereocenters. The van der Waals surface area contributed by atoms with Crippen LogP contribution < -0.4 is 11.1 Å². The van der Waals surface area contributed by atoms with Crippen LogP contribution in [0.4, 0.5) is 5.69 Å². The predicted molar refractivity (Wildman–Crippen MR) is 81.5 cm³/mol. The summed E-state index contributed by atoms with van der Waals surface area (Å²) in [5.74, 6) is -1.26. The average Bonchev–Trinajstić information content (AvgIpc) is 2.39. The van der Waals surface area contributed by atoms with Crippen molar-refractivity contribution in [1.29, 1.82) is 0 Å². The van der Waals surface area contributed by atoms with Crippen molar-refractivity contribution in [1.82, 2.24) is 5.32 Å². The molecular weight excluding hydrogens is 324 g/mol. The molecule has 0 aromatic heterocycles. The normalized spacial score (nSPS) is 11.2. The first-order valence-electron chi connectivity index (χ1n) is 6.43. The molecule has 0 bridgehead atoms. The van der Waals surface area contributed by atoms with Crippen LogP contribution in [0.15, 0.2) is 22.7 Å². The maximum Gasteiger partial charge on any atom is 0.311 e. The molecule has 110 valence electrons. The smallest absolute Gasteiger partial charge is 0.311 e. The lowest BCUT2D eigenvalue weighted by Crippen LogP contribution is -2.42. The molecule has 1 aromatic rings.